The molecule has 0 saturated carbocycles. The maximum Gasteiger partial charge on any atom is 0.352 e. The lowest BCUT2D eigenvalue weighted by Crippen LogP contribution is -2.71. The highest BCUT2D eigenvalue weighted by Crippen LogP contribution is 2.44. The number of rotatable bonds is 5. The minimum absolute atomic E-state index is 0.0958. The van der Waals surface area contributed by atoms with Gasteiger partial charge in [0.2, 0.25) is 5.91 Å². The highest BCUT2D eigenvalue weighted by Gasteiger charge is 2.55. The van der Waals surface area contributed by atoms with Gasteiger partial charge in [-0.1, -0.05) is 11.8 Å². The van der Waals surface area contributed by atoms with Gasteiger partial charge in [-0.05, 0) is 22.9 Å². The molecule has 2 aliphatic rings. The number of thioether (sulfide) groups is 1. The van der Waals surface area contributed by atoms with Gasteiger partial charge in [0, 0.05) is 7.11 Å². The van der Waals surface area contributed by atoms with Crippen LogP contribution in [0, 0.1) is 0 Å². The Morgan fingerprint density at radius 1 is 1.50 bits per heavy atom. The lowest BCUT2D eigenvalue weighted by molar-refractivity contribution is -0.151. The summed E-state index contributed by atoms with van der Waals surface area (Å²) in [4.78, 5) is 37.0. The monoisotopic (exact) mass is 354 g/mol. The summed E-state index contributed by atoms with van der Waals surface area (Å²) in [7, 11) is 1.46. The molecule has 3 heterocycles. The summed E-state index contributed by atoms with van der Waals surface area (Å²) >= 11 is 1.27. The van der Waals surface area contributed by atoms with Crippen LogP contribution >= 0.6 is 11.8 Å². The van der Waals surface area contributed by atoms with Gasteiger partial charge in [-0.25, -0.2) is 9.48 Å². The molecule has 3 rings (SSSR count). The lowest BCUT2D eigenvalue weighted by atomic mass is 10.0. The summed E-state index contributed by atoms with van der Waals surface area (Å²) in [5.41, 5.74) is -0.135. The standard InChI is InChI=1S/C12H14N6O5S/c1-5-8(11(21)22)18-9(20)7(10(18)24-12(5)23-2)14-6(19)3-17-4-13-15-16-17/h4,7,10,12H,3H2,1-2H3,(H,14,19)(H,21,22)/t7-,10-,12-/m0/s1. The van der Waals surface area contributed by atoms with E-state index in [1.165, 1.54) is 34.8 Å². The molecule has 1 fully saturated rings. The van der Waals surface area contributed by atoms with Gasteiger partial charge in [0.1, 0.15) is 35.4 Å². The second-order valence-electron chi connectivity index (χ2n) is 5.19. The first-order valence-corrected chi connectivity index (χ1v) is 7.84. The van der Waals surface area contributed by atoms with E-state index in [9.17, 15) is 19.5 Å². The van der Waals surface area contributed by atoms with Crippen LogP contribution in [0.4, 0.5) is 0 Å². The largest absolute Gasteiger partial charge is 0.477 e. The molecule has 12 heteroatoms. The molecule has 128 valence electrons. The summed E-state index contributed by atoms with van der Waals surface area (Å²) in [5.74, 6) is -2.12. The number of carbonyl (C=O) groups excluding carboxylic acids is 2. The maximum absolute atomic E-state index is 12.3. The number of carboxylic acid groups (broad SMARTS) is 1. The molecular weight excluding hydrogens is 340 g/mol. The molecule has 0 unspecified atom stereocenters. The van der Waals surface area contributed by atoms with Crippen LogP contribution in [-0.4, -0.2) is 72.0 Å². The van der Waals surface area contributed by atoms with Crippen LogP contribution in [-0.2, 0) is 25.7 Å². The van der Waals surface area contributed by atoms with Crippen molar-refractivity contribution in [3.05, 3.63) is 17.6 Å². The molecule has 24 heavy (non-hydrogen) atoms. The number of nitrogens with one attached hydrogen (secondary N) is 1. The highest BCUT2D eigenvalue weighted by atomic mass is 32.2. The van der Waals surface area contributed by atoms with Gasteiger partial charge < -0.3 is 15.2 Å². The fourth-order valence-corrected chi connectivity index (χ4v) is 3.98. The van der Waals surface area contributed by atoms with Crippen molar-refractivity contribution in [3.63, 3.8) is 0 Å². The highest BCUT2D eigenvalue weighted by molar-refractivity contribution is 8.00. The number of hydrogen-bond donors (Lipinski definition) is 2. The van der Waals surface area contributed by atoms with Gasteiger partial charge in [-0.2, -0.15) is 0 Å². The molecule has 0 radical (unpaired) electrons. The number of amides is 2. The number of carboxylic acids is 1. The molecule has 0 aromatic carbocycles. The second-order valence-corrected chi connectivity index (χ2v) is 6.38. The first kappa shape index (κ1) is 16.4. The summed E-state index contributed by atoms with van der Waals surface area (Å²) in [6, 6.07) is -0.820. The molecule has 1 aromatic rings. The maximum atomic E-state index is 12.3. The number of carbonyl (C=O) groups is 3. The van der Waals surface area contributed by atoms with Crippen LogP contribution in [0.3, 0.4) is 0 Å². The average molecular weight is 354 g/mol. The zero-order chi connectivity index (χ0) is 17.4. The zero-order valence-electron chi connectivity index (χ0n) is 12.7. The fourth-order valence-electron chi connectivity index (χ4n) is 2.63. The van der Waals surface area contributed by atoms with E-state index in [2.05, 4.69) is 20.8 Å². The SMILES string of the molecule is CO[C@H]1S[C@H]2[C@@H](NC(=O)Cn3cnnn3)C(=O)N2C(C(=O)O)=C1C. The number of fused-ring (bicyclic) bond motifs is 1. The molecule has 3 atom stereocenters. The number of aliphatic carboxylic acids is 1. The molecule has 0 spiro atoms. The van der Waals surface area contributed by atoms with E-state index in [1.807, 2.05) is 0 Å². The van der Waals surface area contributed by atoms with E-state index in [0.29, 0.717) is 5.57 Å². The van der Waals surface area contributed by atoms with Gasteiger partial charge in [-0.15, -0.1) is 5.10 Å². The Bertz CT molecular complexity index is 720. The Labute approximate surface area is 140 Å². The summed E-state index contributed by atoms with van der Waals surface area (Å²) in [6.45, 7) is 1.47. The molecule has 0 aliphatic carbocycles. The van der Waals surface area contributed by atoms with Crippen molar-refractivity contribution in [2.24, 2.45) is 0 Å². The van der Waals surface area contributed by atoms with Gasteiger partial charge in [0.05, 0.1) is 0 Å². The van der Waals surface area contributed by atoms with E-state index in [0.717, 1.165) is 0 Å². The third-order valence-corrected chi connectivity index (χ3v) is 5.26. The Hall–Kier alpha value is -2.47. The van der Waals surface area contributed by atoms with Crippen molar-refractivity contribution in [1.82, 2.24) is 30.4 Å². The van der Waals surface area contributed by atoms with E-state index in [1.54, 1.807) is 6.92 Å². The number of ether oxygens (including phenoxy) is 1. The summed E-state index contributed by atoms with van der Waals surface area (Å²) in [5, 5.41) is 21.8. The Balaban J connectivity index is 1.74. The van der Waals surface area contributed by atoms with E-state index < -0.39 is 34.6 Å². The molecule has 11 nitrogen and oxygen atoms in total. The van der Waals surface area contributed by atoms with Crippen molar-refractivity contribution < 1.29 is 24.2 Å². The molecule has 2 N–H and O–H groups in total. The summed E-state index contributed by atoms with van der Waals surface area (Å²) in [6.07, 6.45) is 1.28. The predicted molar refractivity (Wildman–Crippen MR) is 79.1 cm³/mol. The lowest BCUT2D eigenvalue weighted by Gasteiger charge is -2.50. The number of β-lactam (4-membered cyclic amide) rings is 1. The van der Waals surface area contributed by atoms with Gasteiger partial charge in [0.15, 0.2) is 0 Å². The number of nitrogens with zero attached hydrogens (tertiary/aromatic N) is 5. The van der Waals surface area contributed by atoms with Gasteiger partial charge in [0.25, 0.3) is 5.91 Å². The Morgan fingerprint density at radius 3 is 2.83 bits per heavy atom. The van der Waals surface area contributed by atoms with Crippen LogP contribution in [0.2, 0.25) is 0 Å². The van der Waals surface area contributed by atoms with Crippen molar-refractivity contribution in [3.8, 4) is 0 Å². The molecule has 2 aliphatic heterocycles. The summed E-state index contributed by atoms with van der Waals surface area (Å²) < 4.78 is 6.49. The minimum atomic E-state index is -1.20. The Morgan fingerprint density at radius 2 is 2.25 bits per heavy atom. The van der Waals surface area contributed by atoms with Crippen LogP contribution in [0.5, 0.6) is 0 Å². The van der Waals surface area contributed by atoms with Crippen LogP contribution in [0.1, 0.15) is 6.92 Å². The van der Waals surface area contributed by atoms with Crippen LogP contribution < -0.4 is 5.32 Å². The first-order valence-electron chi connectivity index (χ1n) is 6.89. The zero-order valence-corrected chi connectivity index (χ0v) is 13.6. The van der Waals surface area contributed by atoms with Crippen molar-refractivity contribution in [2.75, 3.05) is 7.11 Å². The van der Waals surface area contributed by atoms with Crippen LogP contribution in [0.25, 0.3) is 0 Å². The Kier molecular flexibility index (Phi) is 4.24. The molecule has 1 saturated heterocycles. The minimum Gasteiger partial charge on any atom is -0.477 e. The predicted octanol–water partition coefficient (Wildman–Crippen LogP) is -1.60. The van der Waals surface area contributed by atoms with Crippen LogP contribution in [0.15, 0.2) is 17.6 Å². The first-order chi connectivity index (χ1) is 11.4. The number of methoxy groups -OCH3 is 1. The quantitative estimate of drug-likeness (QED) is 0.598. The van der Waals surface area contributed by atoms with E-state index in [-0.39, 0.29) is 12.2 Å². The van der Waals surface area contributed by atoms with Gasteiger partial charge >= 0.3 is 5.97 Å². The van der Waals surface area contributed by atoms with Crippen molar-refractivity contribution in [1.29, 1.82) is 0 Å². The molecule has 0 bridgehead atoms. The smallest absolute Gasteiger partial charge is 0.352 e. The van der Waals surface area contributed by atoms with Gasteiger partial charge in [-0.3, -0.25) is 14.5 Å². The molecular formula is C12H14N6O5S. The fraction of sp³-hybridized carbons (Fsp3) is 0.500. The number of hydrogen-bond acceptors (Lipinski definition) is 8. The van der Waals surface area contributed by atoms with E-state index in [4.69, 9.17) is 4.74 Å². The third kappa shape index (κ3) is 2.63. The topological polar surface area (TPSA) is 140 Å². The number of tetrazole rings is 1. The average Bonchev–Trinajstić information content (AvgIpc) is 3.04. The third-order valence-electron chi connectivity index (χ3n) is 3.70. The number of aromatic nitrogens is 4. The van der Waals surface area contributed by atoms with E-state index >= 15 is 0 Å². The van der Waals surface area contributed by atoms with Crippen molar-refractivity contribution in [2.45, 2.75) is 30.3 Å². The molecule has 2 amide bonds. The normalized spacial score (nSPS) is 26.0. The second kappa shape index (κ2) is 6.20. The van der Waals surface area contributed by atoms with Crippen molar-refractivity contribution >= 4 is 29.5 Å². The molecule has 1 aromatic heterocycles.